The van der Waals surface area contributed by atoms with E-state index in [0.29, 0.717) is 31.6 Å². The fourth-order valence-corrected chi connectivity index (χ4v) is 5.88. The maximum Gasteiger partial charge on any atom is 0.262 e. The lowest BCUT2D eigenvalue weighted by Gasteiger charge is -2.36. The van der Waals surface area contributed by atoms with Crippen LogP contribution in [0.15, 0.2) is 35.4 Å². The molecule has 178 valence electrons. The predicted octanol–water partition coefficient (Wildman–Crippen LogP) is 1.94. The number of aryl methyl sites for hydroxylation is 2. The third-order valence-corrected chi connectivity index (χ3v) is 7.72. The monoisotopic (exact) mass is 483 g/mol. The van der Waals surface area contributed by atoms with Gasteiger partial charge in [-0.15, -0.1) is 11.3 Å². The number of aromatic nitrogens is 2. The van der Waals surface area contributed by atoms with Crippen LogP contribution in [0.3, 0.4) is 0 Å². The molecule has 1 saturated heterocycles. The quantitative estimate of drug-likeness (QED) is 0.599. The lowest BCUT2D eigenvalue weighted by Crippen LogP contribution is -2.51. The van der Waals surface area contributed by atoms with E-state index < -0.39 is 5.91 Å². The Morgan fingerprint density at radius 1 is 1.06 bits per heavy atom. The van der Waals surface area contributed by atoms with Gasteiger partial charge >= 0.3 is 0 Å². The number of hydrogen-bond donors (Lipinski definition) is 1. The van der Waals surface area contributed by atoms with Gasteiger partial charge in [-0.3, -0.25) is 19.0 Å². The molecular formula is C24H26FN5O3S. The number of nitrogens with zero attached hydrogens (tertiary/aromatic N) is 4. The molecule has 10 heteroatoms. The van der Waals surface area contributed by atoms with E-state index in [0.717, 1.165) is 41.8 Å². The van der Waals surface area contributed by atoms with Gasteiger partial charge < -0.3 is 15.1 Å². The molecule has 5 rings (SSSR count). The van der Waals surface area contributed by atoms with Gasteiger partial charge in [0.1, 0.15) is 17.2 Å². The first-order valence-electron chi connectivity index (χ1n) is 11.5. The number of anilines is 1. The van der Waals surface area contributed by atoms with Crippen molar-refractivity contribution in [2.24, 2.45) is 0 Å². The number of nitrogens with one attached hydrogen (secondary N) is 1. The molecule has 0 radical (unpaired) electrons. The fourth-order valence-electron chi connectivity index (χ4n) is 4.66. The first-order valence-corrected chi connectivity index (χ1v) is 12.4. The average Bonchev–Trinajstić information content (AvgIpc) is 3.24. The van der Waals surface area contributed by atoms with E-state index in [2.05, 4.69) is 15.2 Å². The van der Waals surface area contributed by atoms with Gasteiger partial charge in [0.2, 0.25) is 11.8 Å². The first kappa shape index (κ1) is 22.5. The van der Waals surface area contributed by atoms with Gasteiger partial charge in [-0.25, -0.2) is 9.37 Å². The number of thiophene rings is 1. The Kier molecular flexibility index (Phi) is 6.32. The highest BCUT2D eigenvalue weighted by molar-refractivity contribution is 7.18. The molecule has 2 aromatic heterocycles. The Labute approximate surface area is 200 Å². The first-order chi connectivity index (χ1) is 16.5. The van der Waals surface area contributed by atoms with Gasteiger partial charge in [-0.05, 0) is 55.5 Å². The van der Waals surface area contributed by atoms with Crippen molar-refractivity contribution >= 4 is 39.1 Å². The zero-order chi connectivity index (χ0) is 23.7. The number of hydrogen-bond acceptors (Lipinski definition) is 6. The lowest BCUT2D eigenvalue weighted by molar-refractivity contribution is -0.133. The van der Waals surface area contributed by atoms with Gasteiger partial charge in [0.05, 0.1) is 18.3 Å². The Balaban J connectivity index is 1.15. The third kappa shape index (κ3) is 4.54. The number of piperazine rings is 1. The van der Waals surface area contributed by atoms with Crippen LogP contribution in [0.4, 0.5) is 10.1 Å². The van der Waals surface area contributed by atoms with Crippen molar-refractivity contribution in [2.75, 3.05) is 37.6 Å². The average molecular weight is 484 g/mol. The number of benzene rings is 1. The summed E-state index contributed by atoms with van der Waals surface area (Å²) in [6, 6.07) is 6.31. The molecule has 0 spiro atoms. The molecule has 34 heavy (non-hydrogen) atoms. The minimum absolute atomic E-state index is 0.117. The van der Waals surface area contributed by atoms with Crippen LogP contribution in [0.25, 0.3) is 10.2 Å². The molecule has 0 saturated carbocycles. The summed E-state index contributed by atoms with van der Waals surface area (Å²) < 4.78 is 14.4. The molecule has 1 fully saturated rings. The van der Waals surface area contributed by atoms with E-state index in [9.17, 15) is 18.8 Å². The van der Waals surface area contributed by atoms with Gasteiger partial charge in [0.25, 0.3) is 5.56 Å². The van der Waals surface area contributed by atoms with E-state index in [1.54, 1.807) is 28.4 Å². The Hall–Kier alpha value is -3.27. The second kappa shape index (κ2) is 9.54. The maximum atomic E-state index is 13.1. The number of amides is 2. The van der Waals surface area contributed by atoms with E-state index in [1.165, 1.54) is 27.9 Å². The molecule has 1 N–H and O–H groups in total. The second-order valence-corrected chi connectivity index (χ2v) is 9.77. The van der Waals surface area contributed by atoms with Crippen molar-refractivity contribution in [3.8, 4) is 0 Å². The molecule has 0 bridgehead atoms. The second-order valence-electron chi connectivity index (χ2n) is 8.69. The summed E-state index contributed by atoms with van der Waals surface area (Å²) in [5.74, 6) is -0.841. The maximum absolute atomic E-state index is 13.1. The molecule has 1 aromatic carbocycles. The van der Waals surface area contributed by atoms with Crippen LogP contribution in [0.2, 0.25) is 0 Å². The summed E-state index contributed by atoms with van der Waals surface area (Å²) >= 11 is 1.58. The number of rotatable bonds is 5. The van der Waals surface area contributed by atoms with Crippen LogP contribution in [-0.4, -0.2) is 59.0 Å². The topological polar surface area (TPSA) is 87.5 Å². The largest absolute Gasteiger partial charge is 0.368 e. The number of halogens is 1. The minimum atomic E-state index is -0.398. The van der Waals surface area contributed by atoms with E-state index in [-0.39, 0.29) is 30.4 Å². The van der Waals surface area contributed by atoms with E-state index in [1.807, 2.05) is 0 Å². The normalized spacial score (nSPS) is 15.9. The van der Waals surface area contributed by atoms with Crippen molar-refractivity contribution in [3.05, 3.63) is 57.2 Å². The molecule has 1 aliphatic heterocycles. The van der Waals surface area contributed by atoms with Gasteiger partial charge in [0.15, 0.2) is 0 Å². The minimum Gasteiger partial charge on any atom is -0.368 e. The summed E-state index contributed by atoms with van der Waals surface area (Å²) in [7, 11) is 0. The van der Waals surface area contributed by atoms with E-state index >= 15 is 0 Å². The van der Waals surface area contributed by atoms with Crippen LogP contribution in [0, 0.1) is 5.82 Å². The highest BCUT2D eigenvalue weighted by atomic mass is 32.1. The zero-order valence-electron chi connectivity index (χ0n) is 18.8. The van der Waals surface area contributed by atoms with Crippen LogP contribution in [-0.2, 0) is 29.0 Å². The molecular weight excluding hydrogens is 457 g/mol. The van der Waals surface area contributed by atoms with Gasteiger partial charge in [0, 0.05) is 36.7 Å². The Morgan fingerprint density at radius 3 is 2.56 bits per heavy atom. The Morgan fingerprint density at radius 2 is 1.79 bits per heavy atom. The molecule has 8 nitrogen and oxygen atoms in total. The number of fused-ring (bicyclic) bond motifs is 3. The molecule has 0 unspecified atom stereocenters. The molecule has 1 aliphatic carbocycles. The number of carbonyl (C=O) groups excluding carboxylic acids is 2. The van der Waals surface area contributed by atoms with Crippen molar-refractivity contribution in [1.82, 2.24) is 19.8 Å². The van der Waals surface area contributed by atoms with Crippen molar-refractivity contribution in [2.45, 2.75) is 32.2 Å². The zero-order valence-corrected chi connectivity index (χ0v) is 19.6. The van der Waals surface area contributed by atoms with E-state index in [4.69, 9.17) is 0 Å². The SMILES string of the molecule is O=C(Cn1cnc2sc3c(c2c1=O)CCCC3)NCC(=O)N1CCN(c2ccc(F)cc2)CC1. The lowest BCUT2D eigenvalue weighted by atomic mass is 9.97. The fraction of sp³-hybridized carbons (Fsp3) is 0.417. The Bertz CT molecular complexity index is 1280. The van der Waals surface area contributed by atoms with Crippen molar-refractivity contribution in [1.29, 1.82) is 0 Å². The van der Waals surface area contributed by atoms with Crippen molar-refractivity contribution in [3.63, 3.8) is 0 Å². The third-order valence-electron chi connectivity index (χ3n) is 6.52. The number of carbonyl (C=O) groups is 2. The standard InChI is InChI=1S/C24H26FN5O3S/c25-16-5-7-17(8-6-16)28-9-11-29(12-10-28)21(32)13-26-20(31)14-30-15-27-23-22(24(30)33)18-3-1-2-4-19(18)34-23/h5-8,15H,1-4,9-14H2,(H,26,31). The summed E-state index contributed by atoms with van der Waals surface area (Å²) in [4.78, 5) is 48.2. The molecule has 0 atom stereocenters. The molecule has 3 aromatic rings. The summed E-state index contributed by atoms with van der Waals surface area (Å²) in [6.07, 6.45) is 5.48. The van der Waals surface area contributed by atoms with Crippen LogP contribution in [0.1, 0.15) is 23.3 Å². The molecule has 2 aliphatic rings. The van der Waals surface area contributed by atoms with Crippen LogP contribution in [0.5, 0.6) is 0 Å². The summed E-state index contributed by atoms with van der Waals surface area (Å²) in [6.45, 7) is 2.03. The summed E-state index contributed by atoms with van der Waals surface area (Å²) in [5.41, 5.74) is 1.82. The van der Waals surface area contributed by atoms with Crippen LogP contribution >= 0.6 is 11.3 Å². The van der Waals surface area contributed by atoms with Gasteiger partial charge in [-0.1, -0.05) is 0 Å². The smallest absolute Gasteiger partial charge is 0.262 e. The van der Waals surface area contributed by atoms with Gasteiger partial charge in [-0.2, -0.15) is 0 Å². The molecule has 3 heterocycles. The van der Waals surface area contributed by atoms with Crippen molar-refractivity contribution < 1.29 is 14.0 Å². The summed E-state index contributed by atoms with van der Waals surface area (Å²) in [5, 5.41) is 3.28. The van der Waals surface area contributed by atoms with Crippen LogP contribution < -0.4 is 15.8 Å². The highest BCUT2D eigenvalue weighted by Gasteiger charge is 2.23. The molecule has 2 amide bonds. The predicted molar refractivity (Wildman–Crippen MR) is 129 cm³/mol. The highest BCUT2D eigenvalue weighted by Crippen LogP contribution is 2.33.